The van der Waals surface area contributed by atoms with Gasteiger partial charge in [-0.1, -0.05) is 64.6 Å². The highest BCUT2D eigenvalue weighted by Gasteiger charge is 2.35. The number of ether oxygens (including phenoxy) is 2. The molecule has 6 nitrogen and oxygen atoms in total. The molecule has 0 saturated heterocycles. The van der Waals surface area contributed by atoms with Crippen LogP contribution in [0.3, 0.4) is 0 Å². The molecule has 0 unspecified atom stereocenters. The SMILES string of the molecule is CC(C)[C@@H]1CC[C@@H](C)C[C@H]1OC(=O)/N=N\C(=O)O[C@@H]1C[C@H](C)CC[C@H]1C(C)C. The van der Waals surface area contributed by atoms with E-state index in [1.807, 2.05) is 0 Å². The van der Waals surface area contributed by atoms with Gasteiger partial charge in [0, 0.05) is 0 Å². The number of carbonyl (C=O) groups is 2. The summed E-state index contributed by atoms with van der Waals surface area (Å²) in [6.45, 7) is 12.9. The van der Waals surface area contributed by atoms with E-state index in [2.05, 4.69) is 51.8 Å². The molecule has 0 aliphatic heterocycles. The normalized spacial score (nSPS) is 34.0. The third-order valence-corrected chi connectivity index (χ3v) is 6.64. The summed E-state index contributed by atoms with van der Waals surface area (Å²) in [5.41, 5.74) is 0. The lowest BCUT2D eigenvalue weighted by Gasteiger charge is -2.36. The summed E-state index contributed by atoms with van der Waals surface area (Å²) in [5.74, 6) is 2.59. The molecule has 2 rings (SSSR count). The van der Waals surface area contributed by atoms with Crippen LogP contribution in [-0.4, -0.2) is 24.4 Å². The predicted molar refractivity (Wildman–Crippen MR) is 108 cm³/mol. The Hall–Kier alpha value is -1.46. The Kier molecular flexibility index (Phi) is 8.44. The summed E-state index contributed by atoms with van der Waals surface area (Å²) in [7, 11) is 0. The van der Waals surface area contributed by atoms with E-state index in [0.717, 1.165) is 38.5 Å². The molecular formula is C22H38N2O4. The molecule has 28 heavy (non-hydrogen) atoms. The smallest absolute Gasteiger partial charge is 0.443 e. The van der Waals surface area contributed by atoms with Gasteiger partial charge in [0.1, 0.15) is 12.2 Å². The molecule has 0 bridgehead atoms. The van der Waals surface area contributed by atoms with Gasteiger partial charge in [0.25, 0.3) is 0 Å². The molecule has 2 aliphatic carbocycles. The van der Waals surface area contributed by atoms with Crippen LogP contribution in [0.5, 0.6) is 0 Å². The van der Waals surface area contributed by atoms with Crippen molar-refractivity contribution in [1.82, 2.24) is 0 Å². The molecule has 0 N–H and O–H groups in total. The summed E-state index contributed by atoms with van der Waals surface area (Å²) < 4.78 is 11.1. The van der Waals surface area contributed by atoms with E-state index in [4.69, 9.17) is 9.47 Å². The van der Waals surface area contributed by atoms with Crippen LogP contribution in [0.25, 0.3) is 0 Å². The first-order valence-corrected chi connectivity index (χ1v) is 11.0. The summed E-state index contributed by atoms with van der Waals surface area (Å²) in [5, 5.41) is 6.96. The second-order valence-corrected chi connectivity index (χ2v) is 9.70. The second kappa shape index (κ2) is 10.4. The number of hydrogen-bond donors (Lipinski definition) is 0. The summed E-state index contributed by atoms with van der Waals surface area (Å²) in [6, 6.07) is 0. The van der Waals surface area contributed by atoms with Gasteiger partial charge < -0.3 is 9.47 Å². The third-order valence-electron chi connectivity index (χ3n) is 6.64. The Morgan fingerprint density at radius 2 is 1.07 bits per heavy atom. The molecule has 0 spiro atoms. The van der Waals surface area contributed by atoms with Gasteiger partial charge in [-0.3, -0.25) is 0 Å². The van der Waals surface area contributed by atoms with E-state index in [-0.39, 0.29) is 12.2 Å². The summed E-state index contributed by atoms with van der Waals surface area (Å²) in [4.78, 5) is 24.2. The van der Waals surface area contributed by atoms with Gasteiger partial charge in [-0.2, -0.15) is 0 Å². The van der Waals surface area contributed by atoms with Crippen molar-refractivity contribution >= 4 is 12.2 Å². The maximum atomic E-state index is 12.1. The van der Waals surface area contributed by atoms with Crippen molar-refractivity contribution in [2.24, 2.45) is 45.7 Å². The maximum Gasteiger partial charge on any atom is 0.452 e. The fourth-order valence-electron chi connectivity index (χ4n) is 4.89. The highest BCUT2D eigenvalue weighted by Crippen LogP contribution is 2.36. The van der Waals surface area contributed by atoms with Crippen molar-refractivity contribution < 1.29 is 19.1 Å². The van der Waals surface area contributed by atoms with Crippen LogP contribution < -0.4 is 0 Å². The lowest BCUT2D eigenvalue weighted by molar-refractivity contribution is 0.00559. The van der Waals surface area contributed by atoms with Gasteiger partial charge in [-0.15, -0.1) is 0 Å². The number of carbonyl (C=O) groups excluding carboxylic acids is 2. The minimum absolute atomic E-state index is 0.157. The molecule has 2 saturated carbocycles. The van der Waals surface area contributed by atoms with Gasteiger partial charge >= 0.3 is 12.2 Å². The third kappa shape index (κ3) is 6.56. The molecule has 0 aromatic heterocycles. The number of azo groups is 1. The van der Waals surface area contributed by atoms with Gasteiger partial charge in [0.2, 0.25) is 0 Å². The van der Waals surface area contributed by atoms with Crippen LogP contribution in [0.4, 0.5) is 9.59 Å². The highest BCUT2D eigenvalue weighted by molar-refractivity contribution is 5.73. The van der Waals surface area contributed by atoms with Crippen LogP contribution >= 0.6 is 0 Å². The molecule has 0 aromatic carbocycles. The quantitative estimate of drug-likeness (QED) is 0.501. The Morgan fingerprint density at radius 1 is 0.714 bits per heavy atom. The van der Waals surface area contributed by atoms with Crippen LogP contribution in [0.2, 0.25) is 0 Å². The Balaban J connectivity index is 1.89. The maximum absolute atomic E-state index is 12.1. The standard InChI is InChI=1S/C22H38N2O4/c1-13(2)17-9-7-15(5)11-19(17)27-21(25)23-24-22(26)28-20-12-16(6)8-10-18(20)14(3)4/h13-20H,7-12H2,1-6H3/b24-23-/t15-,16-,17+,18+,19-,20-/m1/s1. The van der Waals surface area contributed by atoms with E-state index in [1.165, 1.54) is 0 Å². The monoisotopic (exact) mass is 394 g/mol. The molecule has 6 atom stereocenters. The van der Waals surface area contributed by atoms with Crippen molar-refractivity contribution in [2.45, 2.75) is 92.3 Å². The van der Waals surface area contributed by atoms with Gasteiger partial charge in [-0.05, 0) is 61.2 Å². The minimum atomic E-state index is -0.792. The summed E-state index contributed by atoms with van der Waals surface area (Å²) >= 11 is 0. The Bertz CT molecular complexity index is 513. The molecule has 0 radical (unpaired) electrons. The van der Waals surface area contributed by atoms with E-state index in [9.17, 15) is 9.59 Å². The number of nitrogens with zero attached hydrogens (tertiary/aromatic N) is 2. The van der Waals surface area contributed by atoms with E-state index >= 15 is 0 Å². The summed E-state index contributed by atoms with van der Waals surface area (Å²) in [6.07, 6.45) is 4.18. The van der Waals surface area contributed by atoms with Crippen molar-refractivity contribution in [3.8, 4) is 0 Å². The van der Waals surface area contributed by atoms with E-state index in [0.29, 0.717) is 35.5 Å². The first-order valence-electron chi connectivity index (χ1n) is 11.0. The van der Waals surface area contributed by atoms with Crippen molar-refractivity contribution in [2.75, 3.05) is 0 Å². The van der Waals surface area contributed by atoms with Gasteiger partial charge in [0.15, 0.2) is 0 Å². The Labute approximate surface area is 169 Å². The van der Waals surface area contributed by atoms with Crippen molar-refractivity contribution in [3.05, 3.63) is 0 Å². The topological polar surface area (TPSA) is 77.3 Å². The minimum Gasteiger partial charge on any atom is -0.443 e. The zero-order chi connectivity index (χ0) is 20.8. The first-order chi connectivity index (χ1) is 13.2. The molecule has 160 valence electrons. The first kappa shape index (κ1) is 22.8. The van der Waals surface area contributed by atoms with Crippen LogP contribution in [0, 0.1) is 35.5 Å². The van der Waals surface area contributed by atoms with Gasteiger partial charge in [0.05, 0.1) is 0 Å². The highest BCUT2D eigenvalue weighted by atomic mass is 16.6. The Morgan fingerprint density at radius 3 is 1.39 bits per heavy atom. The molecule has 2 fully saturated rings. The molecular weight excluding hydrogens is 356 g/mol. The zero-order valence-electron chi connectivity index (χ0n) is 18.4. The lowest BCUT2D eigenvalue weighted by atomic mass is 9.75. The molecule has 2 aliphatic rings. The largest absolute Gasteiger partial charge is 0.452 e. The molecule has 6 heteroatoms. The fraction of sp³-hybridized carbons (Fsp3) is 0.909. The van der Waals surface area contributed by atoms with Gasteiger partial charge in [-0.25, -0.2) is 9.59 Å². The number of hydrogen-bond acceptors (Lipinski definition) is 4. The fourth-order valence-corrected chi connectivity index (χ4v) is 4.89. The van der Waals surface area contributed by atoms with Crippen molar-refractivity contribution in [1.29, 1.82) is 0 Å². The molecule has 2 amide bonds. The predicted octanol–water partition coefficient (Wildman–Crippen LogP) is 6.63. The second-order valence-electron chi connectivity index (χ2n) is 9.70. The van der Waals surface area contributed by atoms with Crippen LogP contribution in [-0.2, 0) is 9.47 Å². The molecule has 0 aromatic rings. The van der Waals surface area contributed by atoms with E-state index in [1.54, 1.807) is 0 Å². The number of amides is 2. The van der Waals surface area contributed by atoms with Crippen LogP contribution in [0.1, 0.15) is 80.1 Å². The average molecular weight is 395 g/mol. The molecule has 0 heterocycles. The zero-order valence-corrected chi connectivity index (χ0v) is 18.4. The van der Waals surface area contributed by atoms with Crippen molar-refractivity contribution in [3.63, 3.8) is 0 Å². The lowest BCUT2D eigenvalue weighted by Crippen LogP contribution is -2.35. The average Bonchev–Trinajstić information content (AvgIpc) is 2.59. The van der Waals surface area contributed by atoms with Crippen LogP contribution in [0.15, 0.2) is 10.2 Å². The number of rotatable bonds is 4. The van der Waals surface area contributed by atoms with E-state index < -0.39 is 12.2 Å².